The third-order valence-electron chi connectivity index (χ3n) is 6.27. The van der Waals surface area contributed by atoms with Crippen molar-refractivity contribution >= 4 is 55.3 Å². The number of furan rings is 1. The summed E-state index contributed by atoms with van der Waals surface area (Å²) in [6, 6.07) is 10.9. The minimum atomic E-state index is -0.00582. The third kappa shape index (κ3) is 3.85. The highest BCUT2D eigenvalue weighted by atomic mass is 32.2. The average molecular weight is 487 g/mol. The smallest absolute Gasteiger partial charge is 0.231 e. The minimum absolute atomic E-state index is 0.00582. The number of hydrogen-bond donors (Lipinski definition) is 0. The first-order chi connectivity index (χ1) is 16.2. The summed E-state index contributed by atoms with van der Waals surface area (Å²) < 4.78 is 7.59. The lowest BCUT2D eigenvalue weighted by Gasteiger charge is -2.23. The Kier molecular flexibility index (Phi) is 5.81. The summed E-state index contributed by atoms with van der Waals surface area (Å²) in [4.78, 5) is 11.9. The van der Waals surface area contributed by atoms with E-state index in [4.69, 9.17) is 9.40 Å². The first-order valence-electron chi connectivity index (χ1n) is 11.7. The highest BCUT2D eigenvalue weighted by molar-refractivity contribution is 8.02. The van der Waals surface area contributed by atoms with E-state index in [1.165, 1.54) is 31.0 Å². The van der Waals surface area contributed by atoms with Gasteiger partial charge in [0.1, 0.15) is 11.9 Å². The molecule has 0 bridgehead atoms. The van der Waals surface area contributed by atoms with Gasteiger partial charge in [0, 0.05) is 30.8 Å². The Hall–Kier alpha value is -2.63. The summed E-state index contributed by atoms with van der Waals surface area (Å²) in [5.74, 6) is 0.574. The van der Waals surface area contributed by atoms with Crippen molar-refractivity contribution in [1.29, 1.82) is 0 Å². The standard InChI is InChI=1S/C29H30N2OS2/c1-8-33-22-11-9-18(14-20(22)29(5,6)7)27-26-25-21(32-28(26)31-15-30-27)10-12-23-24(25)19(13-16(2)3)17(4)34-23/h8-12,14-16H,1,13H2,2-7H3. The van der Waals surface area contributed by atoms with Crippen molar-refractivity contribution in [2.45, 2.75) is 58.3 Å². The number of thiophene rings is 1. The SMILES string of the molecule is C=CSc1ccc(-c2ncnc3oc4ccc5sc(C)c(CC(C)C)c5c4c23)cc1C(C)(C)C. The van der Waals surface area contributed by atoms with E-state index in [1.54, 1.807) is 18.1 Å². The normalized spacial score (nSPS) is 12.4. The molecule has 0 aliphatic heterocycles. The van der Waals surface area contributed by atoms with Crippen LogP contribution in [0, 0.1) is 12.8 Å². The van der Waals surface area contributed by atoms with E-state index in [2.05, 4.69) is 83.4 Å². The van der Waals surface area contributed by atoms with Gasteiger partial charge in [0.15, 0.2) is 0 Å². The van der Waals surface area contributed by atoms with E-state index >= 15 is 0 Å². The van der Waals surface area contributed by atoms with Crippen LogP contribution in [0.15, 0.2) is 58.0 Å². The van der Waals surface area contributed by atoms with Crippen molar-refractivity contribution in [3.8, 4) is 11.3 Å². The average Bonchev–Trinajstić information content (AvgIpc) is 3.30. The molecule has 0 unspecified atom stereocenters. The van der Waals surface area contributed by atoms with Crippen molar-refractivity contribution in [2.75, 3.05) is 0 Å². The largest absolute Gasteiger partial charge is 0.438 e. The number of aryl methyl sites for hydroxylation is 1. The molecule has 0 atom stereocenters. The number of hydrogen-bond acceptors (Lipinski definition) is 5. The van der Waals surface area contributed by atoms with Crippen molar-refractivity contribution in [3.63, 3.8) is 0 Å². The van der Waals surface area contributed by atoms with Gasteiger partial charge in [-0.15, -0.1) is 11.3 Å². The second-order valence-electron chi connectivity index (χ2n) is 10.3. The second kappa shape index (κ2) is 8.54. The van der Waals surface area contributed by atoms with Crippen LogP contribution in [-0.2, 0) is 11.8 Å². The Morgan fingerprint density at radius 1 is 1.09 bits per heavy atom. The lowest BCUT2D eigenvalue weighted by atomic mass is 9.85. The van der Waals surface area contributed by atoms with Crippen LogP contribution in [-0.4, -0.2) is 9.97 Å². The quantitative estimate of drug-likeness (QED) is 0.232. The van der Waals surface area contributed by atoms with Crippen molar-refractivity contribution in [3.05, 3.63) is 64.7 Å². The third-order valence-corrected chi connectivity index (χ3v) is 8.16. The zero-order valence-corrected chi connectivity index (χ0v) is 22.3. The maximum atomic E-state index is 6.29. The fourth-order valence-electron chi connectivity index (χ4n) is 4.79. The van der Waals surface area contributed by atoms with Gasteiger partial charge >= 0.3 is 0 Å². The predicted molar refractivity (Wildman–Crippen MR) is 148 cm³/mol. The van der Waals surface area contributed by atoms with E-state index < -0.39 is 0 Å². The number of thioether (sulfide) groups is 1. The fourth-order valence-corrected chi connectivity index (χ4v) is 6.71. The molecule has 0 radical (unpaired) electrons. The van der Waals surface area contributed by atoms with Crippen LogP contribution in [0.5, 0.6) is 0 Å². The van der Waals surface area contributed by atoms with E-state index in [0.717, 1.165) is 34.0 Å². The summed E-state index contributed by atoms with van der Waals surface area (Å²) >= 11 is 3.53. The molecule has 5 aromatic rings. The van der Waals surface area contributed by atoms with E-state index in [9.17, 15) is 0 Å². The highest BCUT2D eigenvalue weighted by Gasteiger charge is 2.23. The molecule has 3 nitrogen and oxygen atoms in total. The van der Waals surface area contributed by atoms with Gasteiger partial charge in [0.2, 0.25) is 5.71 Å². The number of benzene rings is 2. The van der Waals surface area contributed by atoms with Crippen molar-refractivity contribution in [2.24, 2.45) is 5.92 Å². The Labute approximate surface area is 209 Å². The molecule has 5 heteroatoms. The van der Waals surface area contributed by atoms with Crippen LogP contribution >= 0.6 is 23.1 Å². The van der Waals surface area contributed by atoms with Crippen LogP contribution in [0.1, 0.15) is 50.6 Å². The monoisotopic (exact) mass is 486 g/mol. The minimum Gasteiger partial charge on any atom is -0.438 e. The molecule has 0 aliphatic carbocycles. The molecule has 0 saturated heterocycles. The molecule has 2 aromatic carbocycles. The lowest BCUT2D eigenvalue weighted by Crippen LogP contribution is -2.12. The number of rotatable bonds is 5. The van der Waals surface area contributed by atoms with Crippen LogP contribution < -0.4 is 0 Å². The second-order valence-corrected chi connectivity index (χ2v) is 12.6. The van der Waals surface area contributed by atoms with Gasteiger partial charge in [-0.2, -0.15) is 0 Å². The topological polar surface area (TPSA) is 38.9 Å². The van der Waals surface area contributed by atoms with E-state index in [1.807, 2.05) is 16.7 Å². The van der Waals surface area contributed by atoms with Gasteiger partial charge in [-0.1, -0.05) is 59.0 Å². The van der Waals surface area contributed by atoms with Gasteiger partial charge in [-0.05, 0) is 65.5 Å². The Morgan fingerprint density at radius 2 is 1.88 bits per heavy atom. The number of aromatic nitrogens is 2. The van der Waals surface area contributed by atoms with E-state index in [0.29, 0.717) is 11.6 Å². The van der Waals surface area contributed by atoms with Crippen LogP contribution in [0.3, 0.4) is 0 Å². The molecule has 34 heavy (non-hydrogen) atoms. The Morgan fingerprint density at radius 3 is 2.59 bits per heavy atom. The van der Waals surface area contributed by atoms with Crippen molar-refractivity contribution < 1.29 is 4.42 Å². The molecule has 174 valence electrons. The van der Waals surface area contributed by atoms with Gasteiger partial charge in [0.05, 0.1) is 11.1 Å². The number of nitrogens with zero attached hydrogens (tertiary/aromatic N) is 2. The van der Waals surface area contributed by atoms with Gasteiger partial charge in [0.25, 0.3) is 0 Å². The summed E-state index contributed by atoms with van der Waals surface area (Å²) in [6.45, 7) is 17.5. The summed E-state index contributed by atoms with van der Waals surface area (Å²) in [7, 11) is 0. The maximum absolute atomic E-state index is 6.29. The molecule has 0 spiro atoms. The summed E-state index contributed by atoms with van der Waals surface area (Å²) in [6.07, 6.45) is 2.66. The van der Waals surface area contributed by atoms with Gasteiger partial charge < -0.3 is 4.42 Å². The lowest BCUT2D eigenvalue weighted by molar-refractivity contribution is 0.578. The van der Waals surface area contributed by atoms with Crippen LogP contribution in [0.25, 0.3) is 43.4 Å². The van der Waals surface area contributed by atoms with Gasteiger partial charge in [-0.3, -0.25) is 0 Å². The molecule has 5 rings (SSSR count). The van der Waals surface area contributed by atoms with Crippen molar-refractivity contribution in [1.82, 2.24) is 9.97 Å². The summed E-state index contributed by atoms with van der Waals surface area (Å²) in [5.41, 5.74) is 6.24. The number of fused-ring (bicyclic) bond motifs is 5. The molecular formula is C29H30N2OS2. The Balaban J connectivity index is 1.86. The zero-order chi connectivity index (χ0) is 24.2. The highest BCUT2D eigenvalue weighted by Crippen LogP contribution is 2.44. The molecule has 0 aliphatic rings. The van der Waals surface area contributed by atoms with E-state index in [-0.39, 0.29) is 5.41 Å². The first-order valence-corrected chi connectivity index (χ1v) is 13.4. The molecule has 3 heterocycles. The summed E-state index contributed by atoms with van der Waals surface area (Å²) in [5, 5.41) is 5.35. The molecular weight excluding hydrogens is 456 g/mol. The zero-order valence-electron chi connectivity index (χ0n) is 20.7. The molecule has 3 aromatic heterocycles. The fraction of sp³-hybridized carbons (Fsp3) is 0.310. The van der Waals surface area contributed by atoms with Crippen LogP contribution in [0.4, 0.5) is 0 Å². The van der Waals surface area contributed by atoms with Gasteiger partial charge in [-0.25, -0.2) is 9.97 Å². The molecule has 0 N–H and O–H groups in total. The maximum Gasteiger partial charge on any atom is 0.231 e. The first kappa shape index (κ1) is 23.1. The Bertz CT molecular complexity index is 1550. The predicted octanol–water partition coefficient (Wildman–Crippen LogP) is 9.30. The molecule has 0 fully saturated rings. The van der Waals surface area contributed by atoms with Crippen LogP contribution in [0.2, 0.25) is 0 Å². The molecule has 0 amide bonds. The molecule has 0 saturated carbocycles.